The standard InChI is InChI=1S/C12H14N2O3S2/c13-7-8-17-11-5-3-10(4-6-11)14-19(15,16)12-2-1-9-18-12/h1-6,9,14H,7-8,13H2. The molecule has 1 aromatic carbocycles. The second kappa shape index (κ2) is 6.05. The average molecular weight is 298 g/mol. The number of sulfonamides is 1. The molecule has 3 N–H and O–H groups in total. The maximum atomic E-state index is 12.0. The lowest BCUT2D eigenvalue weighted by atomic mass is 10.3. The Labute approximate surface area is 116 Å². The molecule has 5 nitrogen and oxygen atoms in total. The molecule has 0 aliphatic heterocycles. The fraction of sp³-hybridized carbons (Fsp3) is 0.167. The van der Waals surface area contributed by atoms with Crippen molar-refractivity contribution in [3.63, 3.8) is 0 Å². The zero-order chi connectivity index (χ0) is 13.7. The number of anilines is 1. The van der Waals surface area contributed by atoms with E-state index in [0.717, 1.165) is 0 Å². The van der Waals surface area contributed by atoms with Crippen molar-refractivity contribution in [1.29, 1.82) is 0 Å². The number of hydrogen-bond acceptors (Lipinski definition) is 5. The molecule has 0 radical (unpaired) electrons. The molecule has 7 heteroatoms. The molecule has 0 aliphatic carbocycles. The van der Waals surface area contributed by atoms with Gasteiger partial charge < -0.3 is 10.5 Å². The Hall–Kier alpha value is -1.57. The predicted octanol–water partition coefficient (Wildman–Crippen LogP) is 1.89. The van der Waals surface area contributed by atoms with Crippen molar-refractivity contribution < 1.29 is 13.2 Å². The second-order valence-corrected chi connectivity index (χ2v) is 6.56. The lowest BCUT2D eigenvalue weighted by Gasteiger charge is -2.08. The molecule has 1 heterocycles. The number of hydrogen-bond donors (Lipinski definition) is 2. The van der Waals surface area contributed by atoms with Crippen LogP contribution >= 0.6 is 11.3 Å². The molecular weight excluding hydrogens is 284 g/mol. The quantitative estimate of drug-likeness (QED) is 0.853. The molecule has 102 valence electrons. The van der Waals surface area contributed by atoms with E-state index >= 15 is 0 Å². The van der Waals surface area contributed by atoms with Gasteiger partial charge in [-0.25, -0.2) is 8.42 Å². The normalized spacial score (nSPS) is 11.2. The number of benzene rings is 1. The third-order valence-corrected chi connectivity index (χ3v) is 5.03. The highest BCUT2D eigenvalue weighted by atomic mass is 32.2. The lowest BCUT2D eigenvalue weighted by molar-refractivity contribution is 0.328. The first-order valence-electron chi connectivity index (χ1n) is 5.61. The van der Waals surface area contributed by atoms with Gasteiger partial charge in [0.05, 0.1) is 0 Å². The number of nitrogens with one attached hydrogen (secondary N) is 1. The van der Waals surface area contributed by atoms with Crippen LogP contribution in [0.2, 0.25) is 0 Å². The first kappa shape index (κ1) is 13.9. The topological polar surface area (TPSA) is 81.4 Å². The van der Waals surface area contributed by atoms with Crippen molar-refractivity contribution in [1.82, 2.24) is 0 Å². The van der Waals surface area contributed by atoms with E-state index in [0.29, 0.717) is 24.6 Å². The summed E-state index contributed by atoms with van der Waals surface area (Å²) in [4.78, 5) is 0. The number of rotatable bonds is 6. The molecule has 19 heavy (non-hydrogen) atoms. The SMILES string of the molecule is NCCOc1ccc(NS(=O)(=O)c2cccs2)cc1. The largest absolute Gasteiger partial charge is 0.492 e. The van der Waals surface area contributed by atoms with Gasteiger partial charge in [-0.1, -0.05) is 6.07 Å². The van der Waals surface area contributed by atoms with Gasteiger partial charge >= 0.3 is 0 Å². The molecular formula is C12H14N2O3S2. The molecule has 0 saturated heterocycles. The lowest BCUT2D eigenvalue weighted by Crippen LogP contribution is -2.12. The summed E-state index contributed by atoms with van der Waals surface area (Å²) in [5.41, 5.74) is 5.82. The third-order valence-electron chi connectivity index (χ3n) is 2.25. The molecule has 0 bridgehead atoms. The highest BCUT2D eigenvalue weighted by Crippen LogP contribution is 2.21. The molecule has 2 rings (SSSR count). The van der Waals surface area contributed by atoms with Gasteiger partial charge in [-0.3, -0.25) is 4.72 Å². The molecule has 0 unspecified atom stereocenters. The fourth-order valence-electron chi connectivity index (χ4n) is 1.42. The Kier molecular flexibility index (Phi) is 4.41. The van der Waals surface area contributed by atoms with E-state index in [1.165, 1.54) is 11.3 Å². The van der Waals surface area contributed by atoms with Gasteiger partial charge in [-0.05, 0) is 35.7 Å². The summed E-state index contributed by atoms with van der Waals surface area (Å²) in [5, 5.41) is 1.72. The van der Waals surface area contributed by atoms with Gasteiger partial charge in [0.15, 0.2) is 0 Å². The summed E-state index contributed by atoms with van der Waals surface area (Å²) < 4.78 is 32.0. The molecule has 0 amide bonds. The Morgan fingerprint density at radius 3 is 2.53 bits per heavy atom. The molecule has 2 aromatic rings. The maximum absolute atomic E-state index is 12.0. The molecule has 0 spiro atoms. The van der Waals surface area contributed by atoms with E-state index in [1.807, 2.05) is 0 Å². The van der Waals surface area contributed by atoms with Crippen LogP contribution in [0.25, 0.3) is 0 Å². The molecule has 0 atom stereocenters. The summed E-state index contributed by atoms with van der Waals surface area (Å²) in [6.07, 6.45) is 0. The average Bonchev–Trinajstić information content (AvgIpc) is 2.92. The number of thiophene rings is 1. The van der Waals surface area contributed by atoms with E-state index < -0.39 is 10.0 Å². The summed E-state index contributed by atoms with van der Waals surface area (Å²) in [7, 11) is -3.49. The summed E-state index contributed by atoms with van der Waals surface area (Å²) in [6.45, 7) is 0.868. The number of ether oxygens (including phenoxy) is 1. The zero-order valence-electron chi connectivity index (χ0n) is 10.1. The summed E-state index contributed by atoms with van der Waals surface area (Å²) in [6, 6.07) is 9.95. The van der Waals surface area contributed by atoms with E-state index in [9.17, 15) is 8.42 Å². The first-order valence-corrected chi connectivity index (χ1v) is 7.97. The van der Waals surface area contributed by atoms with E-state index in [-0.39, 0.29) is 4.21 Å². The van der Waals surface area contributed by atoms with Crippen molar-refractivity contribution in [3.05, 3.63) is 41.8 Å². The Balaban J connectivity index is 2.07. The zero-order valence-corrected chi connectivity index (χ0v) is 11.7. The fourth-order valence-corrected chi connectivity index (χ4v) is 3.47. The van der Waals surface area contributed by atoms with Crippen LogP contribution < -0.4 is 15.2 Å². The number of nitrogens with two attached hydrogens (primary N) is 1. The van der Waals surface area contributed by atoms with E-state index in [2.05, 4.69) is 4.72 Å². The van der Waals surface area contributed by atoms with Gasteiger partial charge in [0, 0.05) is 12.2 Å². The van der Waals surface area contributed by atoms with Crippen molar-refractivity contribution in [3.8, 4) is 5.75 Å². The summed E-state index contributed by atoms with van der Waals surface area (Å²) in [5.74, 6) is 0.657. The Morgan fingerprint density at radius 2 is 1.95 bits per heavy atom. The minimum Gasteiger partial charge on any atom is -0.492 e. The van der Waals surface area contributed by atoms with Crippen LogP contribution in [0.15, 0.2) is 46.0 Å². The molecule has 0 saturated carbocycles. The second-order valence-electron chi connectivity index (χ2n) is 3.70. The highest BCUT2D eigenvalue weighted by molar-refractivity contribution is 7.94. The minimum absolute atomic E-state index is 0.288. The van der Waals surface area contributed by atoms with E-state index in [4.69, 9.17) is 10.5 Å². The van der Waals surface area contributed by atoms with Gasteiger partial charge in [0.25, 0.3) is 10.0 Å². The van der Waals surface area contributed by atoms with Crippen molar-refractivity contribution >= 4 is 27.0 Å². The monoisotopic (exact) mass is 298 g/mol. The van der Waals surface area contributed by atoms with Crippen molar-refractivity contribution in [2.24, 2.45) is 5.73 Å². The molecule has 1 aromatic heterocycles. The minimum atomic E-state index is -3.49. The third kappa shape index (κ3) is 3.69. The predicted molar refractivity (Wildman–Crippen MR) is 76.1 cm³/mol. The Morgan fingerprint density at radius 1 is 1.21 bits per heavy atom. The van der Waals surface area contributed by atoms with Crippen molar-refractivity contribution in [2.75, 3.05) is 17.9 Å². The van der Waals surface area contributed by atoms with Crippen LogP contribution in [-0.4, -0.2) is 21.6 Å². The Bertz CT molecular complexity index is 607. The van der Waals surface area contributed by atoms with Crippen LogP contribution in [0.5, 0.6) is 5.75 Å². The van der Waals surface area contributed by atoms with Crippen LogP contribution in [0.1, 0.15) is 0 Å². The first-order chi connectivity index (χ1) is 9.12. The van der Waals surface area contributed by atoms with Gasteiger partial charge in [-0.15, -0.1) is 11.3 Å². The van der Waals surface area contributed by atoms with Crippen LogP contribution in [0.4, 0.5) is 5.69 Å². The smallest absolute Gasteiger partial charge is 0.271 e. The maximum Gasteiger partial charge on any atom is 0.271 e. The van der Waals surface area contributed by atoms with Gasteiger partial charge in [0.1, 0.15) is 16.6 Å². The van der Waals surface area contributed by atoms with Crippen molar-refractivity contribution in [2.45, 2.75) is 4.21 Å². The van der Waals surface area contributed by atoms with Gasteiger partial charge in [0.2, 0.25) is 0 Å². The highest BCUT2D eigenvalue weighted by Gasteiger charge is 2.14. The molecule has 0 aliphatic rings. The van der Waals surface area contributed by atoms with Crippen LogP contribution in [-0.2, 0) is 10.0 Å². The van der Waals surface area contributed by atoms with Crippen LogP contribution in [0.3, 0.4) is 0 Å². The molecule has 0 fully saturated rings. The van der Waals surface area contributed by atoms with Crippen LogP contribution in [0, 0.1) is 0 Å². The van der Waals surface area contributed by atoms with E-state index in [1.54, 1.807) is 41.8 Å². The van der Waals surface area contributed by atoms with Gasteiger partial charge in [-0.2, -0.15) is 0 Å². The summed E-state index contributed by atoms with van der Waals surface area (Å²) >= 11 is 1.17.